The molecule has 0 spiro atoms. The minimum absolute atomic E-state index is 0.0324. The fraction of sp³-hybridized carbons (Fsp3) is 0.468. The van der Waals surface area contributed by atoms with E-state index >= 15 is 0 Å². The van der Waals surface area contributed by atoms with Gasteiger partial charge in [-0.05, 0) is 92.4 Å². The van der Waals surface area contributed by atoms with Gasteiger partial charge in [-0.3, -0.25) is 14.6 Å². The molecule has 0 unspecified atom stereocenters. The second kappa shape index (κ2) is 17.8. The van der Waals surface area contributed by atoms with Gasteiger partial charge in [-0.25, -0.2) is 19.6 Å². The van der Waals surface area contributed by atoms with E-state index in [2.05, 4.69) is 63.1 Å². The van der Waals surface area contributed by atoms with E-state index in [1.165, 1.54) is 19.8 Å². The maximum absolute atomic E-state index is 14.0. The molecule has 3 aromatic heterocycles. The van der Waals surface area contributed by atoms with E-state index in [9.17, 15) is 19.2 Å². The van der Waals surface area contributed by atoms with Gasteiger partial charge >= 0.3 is 12.2 Å². The molecule has 0 bridgehead atoms. The fourth-order valence-electron chi connectivity index (χ4n) is 9.87. The predicted octanol–water partition coefficient (Wildman–Crippen LogP) is 6.64. The van der Waals surface area contributed by atoms with Gasteiger partial charge in [-0.15, -0.1) is 0 Å². The number of imidazole rings is 2. The Kier molecular flexibility index (Phi) is 11.9. The second-order valence-corrected chi connectivity index (χ2v) is 17.4. The Morgan fingerprint density at radius 1 is 0.762 bits per heavy atom. The summed E-state index contributed by atoms with van der Waals surface area (Å²) in [6.45, 7) is 6.13. The number of nitrogens with one attached hydrogen (secondary N) is 4. The molecule has 63 heavy (non-hydrogen) atoms. The highest BCUT2D eigenvalue weighted by Crippen LogP contribution is 2.39. The Labute approximate surface area is 365 Å². The van der Waals surface area contributed by atoms with E-state index < -0.39 is 24.3 Å². The van der Waals surface area contributed by atoms with Crippen LogP contribution in [0.2, 0.25) is 0 Å². The molecule has 2 aromatic carbocycles. The Balaban J connectivity index is 0.899. The zero-order chi connectivity index (χ0) is 43.8. The molecule has 4 aliphatic rings. The average Bonchev–Trinajstić information content (AvgIpc) is 4.16. The highest BCUT2D eigenvalue weighted by atomic mass is 16.5. The minimum atomic E-state index is -0.690. The number of aryl methyl sites for hydroxylation is 2. The number of methoxy groups -OCH3 is 2. The first-order valence-corrected chi connectivity index (χ1v) is 22.1. The van der Waals surface area contributed by atoms with Crippen LogP contribution in [0.25, 0.3) is 44.5 Å². The first-order chi connectivity index (χ1) is 30.6. The van der Waals surface area contributed by atoms with Crippen LogP contribution in [0, 0.1) is 11.8 Å². The van der Waals surface area contributed by atoms with Crippen LogP contribution in [0.1, 0.15) is 87.4 Å². The van der Waals surface area contributed by atoms with Crippen molar-refractivity contribution in [1.82, 2.24) is 45.4 Å². The van der Waals surface area contributed by atoms with Crippen molar-refractivity contribution in [3.8, 4) is 33.8 Å². The molecular weight excluding hydrogens is 803 g/mol. The molecule has 4 N–H and O–H groups in total. The summed E-state index contributed by atoms with van der Waals surface area (Å²) in [6.07, 6.45) is 8.76. The van der Waals surface area contributed by atoms with E-state index in [1.54, 1.807) is 0 Å². The van der Waals surface area contributed by atoms with Crippen molar-refractivity contribution in [3.63, 3.8) is 0 Å². The highest BCUT2D eigenvalue weighted by molar-refractivity contribution is 5.90. The zero-order valence-electron chi connectivity index (χ0n) is 36.2. The zero-order valence-corrected chi connectivity index (χ0v) is 36.2. The van der Waals surface area contributed by atoms with Gasteiger partial charge in [-0.2, -0.15) is 0 Å². The van der Waals surface area contributed by atoms with Crippen molar-refractivity contribution in [2.45, 2.75) is 89.4 Å². The summed E-state index contributed by atoms with van der Waals surface area (Å²) in [7, 11) is 2.61. The van der Waals surface area contributed by atoms with Gasteiger partial charge in [-0.1, -0.05) is 38.1 Å². The number of ether oxygens (including phenoxy) is 3. The largest absolute Gasteiger partial charge is 0.453 e. The number of carbonyl (C=O) groups excluding carboxylic acids is 4. The van der Waals surface area contributed by atoms with Crippen molar-refractivity contribution in [3.05, 3.63) is 77.8 Å². The van der Waals surface area contributed by atoms with Crippen LogP contribution in [-0.4, -0.2) is 111 Å². The summed E-state index contributed by atoms with van der Waals surface area (Å²) in [5.41, 5.74) is 8.04. The van der Waals surface area contributed by atoms with E-state index in [0.717, 1.165) is 100 Å². The number of pyridine rings is 1. The molecular formula is C47H55N9O7. The number of aromatic nitrogens is 5. The smallest absolute Gasteiger partial charge is 0.407 e. The number of rotatable bonds is 10. The molecule has 0 radical (unpaired) electrons. The minimum Gasteiger partial charge on any atom is -0.453 e. The number of H-pyrrole nitrogens is 2. The van der Waals surface area contributed by atoms with Crippen LogP contribution < -0.4 is 10.6 Å². The topological polar surface area (TPSA) is 197 Å². The van der Waals surface area contributed by atoms with Crippen molar-refractivity contribution < 1.29 is 33.4 Å². The SMILES string of the molecule is COC(=O)N[C@H](C(=O)N1CCC[C@H]1c1nc2c([nH]1)-c1ccc(-c3cc4ccc(-c5cnc([C@@H]6CCCN6C(=O)[C@@H](NC(=O)OC)C6CCOCC6)[nH]5)cc4cn3)cc1CC2)C(C)C. The molecule has 5 aromatic rings. The molecule has 330 valence electrons. The number of amides is 4. The highest BCUT2D eigenvalue weighted by Gasteiger charge is 2.41. The third-order valence-corrected chi connectivity index (χ3v) is 13.3. The molecule has 16 nitrogen and oxygen atoms in total. The molecule has 1 aliphatic carbocycles. The number of alkyl carbamates (subject to hydrolysis) is 2. The Bertz CT molecular complexity index is 2530. The van der Waals surface area contributed by atoms with E-state index in [0.29, 0.717) is 39.1 Å². The summed E-state index contributed by atoms with van der Waals surface area (Å²) in [5, 5.41) is 7.60. The van der Waals surface area contributed by atoms with Crippen molar-refractivity contribution in [1.29, 1.82) is 0 Å². The maximum atomic E-state index is 14.0. The number of hydrogen-bond acceptors (Lipinski definition) is 10. The molecule has 3 aliphatic heterocycles. The molecule has 9 rings (SSSR count). The lowest BCUT2D eigenvalue weighted by molar-refractivity contribution is -0.137. The van der Waals surface area contributed by atoms with Crippen LogP contribution >= 0.6 is 0 Å². The second-order valence-electron chi connectivity index (χ2n) is 17.4. The Morgan fingerprint density at radius 3 is 2.22 bits per heavy atom. The molecule has 6 heterocycles. The number of fused-ring (bicyclic) bond motifs is 4. The lowest BCUT2D eigenvalue weighted by atomic mass is 9.90. The van der Waals surface area contributed by atoms with Crippen LogP contribution in [0.4, 0.5) is 9.59 Å². The quantitative estimate of drug-likeness (QED) is 0.118. The monoisotopic (exact) mass is 857 g/mol. The molecule has 3 saturated heterocycles. The molecule has 4 atom stereocenters. The summed E-state index contributed by atoms with van der Waals surface area (Å²) in [6, 6.07) is 13.1. The summed E-state index contributed by atoms with van der Waals surface area (Å²) >= 11 is 0. The maximum Gasteiger partial charge on any atom is 0.407 e. The van der Waals surface area contributed by atoms with Crippen molar-refractivity contribution in [2.75, 3.05) is 40.5 Å². The van der Waals surface area contributed by atoms with E-state index in [-0.39, 0.29) is 35.7 Å². The molecule has 3 fully saturated rings. The molecule has 0 saturated carbocycles. The lowest BCUT2D eigenvalue weighted by Crippen LogP contribution is -2.53. The van der Waals surface area contributed by atoms with Crippen molar-refractivity contribution >= 4 is 34.8 Å². The van der Waals surface area contributed by atoms with E-state index in [1.807, 2.05) is 36.0 Å². The summed E-state index contributed by atoms with van der Waals surface area (Å²) in [5.74, 6) is 1.12. The average molecular weight is 858 g/mol. The van der Waals surface area contributed by atoms with E-state index in [4.69, 9.17) is 29.2 Å². The van der Waals surface area contributed by atoms with Gasteiger partial charge < -0.3 is 44.6 Å². The Morgan fingerprint density at radius 2 is 1.48 bits per heavy atom. The van der Waals surface area contributed by atoms with Crippen LogP contribution in [0.3, 0.4) is 0 Å². The standard InChI is InChI=1S/C47H55N9O7/c1-26(2)39(53-46(59)61-3)44(57)56-18-6-8-38(56)43-50-34-14-12-29-21-30(11-13-33(29)41(34)52-43)35-23-28-9-10-31(22-32(28)24-48-35)36-25-49-42(51-36)37-7-5-17-55(37)45(58)40(54-47(60)62-4)27-15-19-63-20-16-27/h9-11,13,21-27,37-40H,5-8,12,14-20H2,1-4H3,(H,49,51)(H,50,52)(H,53,59)(H,54,60)/t37-,38-,39-,40-/m0/s1. The number of benzene rings is 2. The van der Waals surface area contributed by atoms with Crippen LogP contribution in [0.15, 0.2) is 54.9 Å². The van der Waals surface area contributed by atoms with Crippen LogP contribution in [0.5, 0.6) is 0 Å². The van der Waals surface area contributed by atoms with Gasteiger partial charge in [0.05, 0.1) is 55.3 Å². The number of nitrogens with zero attached hydrogens (tertiary/aromatic N) is 5. The van der Waals surface area contributed by atoms with Gasteiger partial charge in [0.1, 0.15) is 23.7 Å². The van der Waals surface area contributed by atoms with Gasteiger partial charge in [0, 0.05) is 54.6 Å². The number of carbonyl (C=O) groups is 4. The lowest BCUT2D eigenvalue weighted by Gasteiger charge is -2.34. The molecule has 16 heteroatoms. The Hall–Kier alpha value is -6.29. The first-order valence-electron chi connectivity index (χ1n) is 22.1. The van der Waals surface area contributed by atoms with Crippen molar-refractivity contribution in [2.24, 2.45) is 11.8 Å². The summed E-state index contributed by atoms with van der Waals surface area (Å²) < 4.78 is 15.2. The normalized spacial score (nSPS) is 19.7. The number of aromatic amines is 2. The molecule has 4 amide bonds. The number of likely N-dealkylation sites (tertiary alicyclic amines) is 2. The third-order valence-electron chi connectivity index (χ3n) is 13.3. The van der Waals surface area contributed by atoms with Gasteiger partial charge in [0.15, 0.2) is 0 Å². The third kappa shape index (κ3) is 8.35. The predicted molar refractivity (Wildman–Crippen MR) is 234 cm³/mol. The summed E-state index contributed by atoms with van der Waals surface area (Å²) in [4.78, 5) is 77.6. The van der Waals surface area contributed by atoms with Crippen LogP contribution in [-0.2, 0) is 36.6 Å². The number of hydrogen-bond donors (Lipinski definition) is 4. The first kappa shape index (κ1) is 42.0. The fourth-order valence-corrected chi connectivity index (χ4v) is 9.87. The van der Waals surface area contributed by atoms with Gasteiger partial charge in [0.2, 0.25) is 11.8 Å². The van der Waals surface area contributed by atoms with Gasteiger partial charge in [0.25, 0.3) is 0 Å².